The molecule has 2 rings (SSSR count). The van der Waals surface area contributed by atoms with E-state index in [4.69, 9.17) is 5.73 Å². The maximum Gasteiger partial charge on any atom is 0.180 e. The highest BCUT2D eigenvalue weighted by Gasteiger charge is 2.16. The predicted molar refractivity (Wildman–Crippen MR) is 90.0 cm³/mol. The van der Waals surface area contributed by atoms with Crippen molar-refractivity contribution in [2.75, 3.05) is 5.73 Å². The summed E-state index contributed by atoms with van der Waals surface area (Å²) in [4.78, 5) is 5.70. The molecule has 0 unspecified atom stereocenters. The van der Waals surface area contributed by atoms with Crippen molar-refractivity contribution < 1.29 is 0 Å². The smallest absolute Gasteiger partial charge is 0.180 e. The highest BCUT2D eigenvalue weighted by atomic mass is 79.9. The Kier molecular flexibility index (Phi) is 4.69. The highest BCUT2D eigenvalue weighted by Crippen LogP contribution is 2.34. The lowest BCUT2D eigenvalue weighted by Gasteiger charge is -2.10. The molecule has 0 saturated heterocycles. The number of nitrogens with zero attached hydrogens (tertiary/aromatic N) is 1. The minimum absolute atomic E-state index is 0.395. The SMILES string of the molecule is Cc1cc(Br)c(Cc2sc(N)nc2C(C)C)c(Br)c1. The fraction of sp³-hybridized carbons (Fsp3) is 0.357. The number of nitrogens with two attached hydrogens (primary N) is 1. The second-order valence-electron chi connectivity index (χ2n) is 4.90. The first-order valence-electron chi connectivity index (χ1n) is 6.08. The molecule has 2 N–H and O–H groups in total. The molecule has 1 aromatic heterocycles. The molecule has 0 radical (unpaired) electrons. The van der Waals surface area contributed by atoms with Crippen molar-refractivity contribution in [2.45, 2.75) is 33.1 Å². The van der Waals surface area contributed by atoms with Gasteiger partial charge >= 0.3 is 0 Å². The highest BCUT2D eigenvalue weighted by molar-refractivity contribution is 9.11. The molecular formula is C14H16Br2N2S. The zero-order chi connectivity index (χ0) is 14.2. The molecule has 0 atom stereocenters. The van der Waals surface area contributed by atoms with Crippen LogP contribution in [-0.4, -0.2) is 4.98 Å². The third-order valence-electron chi connectivity index (χ3n) is 2.91. The molecule has 0 aliphatic rings. The topological polar surface area (TPSA) is 38.9 Å². The van der Waals surface area contributed by atoms with Crippen LogP contribution in [0, 0.1) is 6.92 Å². The van der Waals surface area contributed by atoms with Crippen molar-refractivity contribution in [1.29, 1.82) is 0 Å². The van der Waals surface area contributed by atoms with Crippen LogP contribution in [0.5, 0.6) is 0 Å². The maximum absolute atomic E-state index is 5.86. The largest absolute Gasteiger partial charge is 0.375 e. The Bertz CT molecular complexity index is 582. The molecule has 0 aliphatic carbocycles. The lowest BCUT2D eigenvalue weighted by molar-refractivity contribution is 0.820. The van der Waals surface area contributed by atoms with Crippen molar-refractivity contribution in [3.8, 4) is 0 Å². The second kappa shape index (κ2) is 5.94. The second-order valence-corrected chi connectivity index (χ2v) is 7.72. The minimum Gasteiger partial charge on any atom is -0.375 e. The van der Waals surface area contributed by atoms with Crippen LogP contribution in [0.4, 0.5) is 5.13 Å². The fourth-order valence-electron chi connectivity index (χ4n) is 2.02. The molecule has 1 aromatic carbocycles. The average Bonchev–Trinajstić information content (AvgIpc) is 2.65. The van der Waals surface area contributed by atoms with Gasteiger partial charge in [0, 0.05) is 20.2 Å². The first-order valence-corrected chi connectivity index (χ1v) is 8.48. The molecule has 0 bridgehead atoms. The van der Waals surface area contributed by atoms with E-state index in [1.54, 1.807) is 11.3 Å². The van der Waals surface area contributed by atoms with Gasteiger partial charge in [-0.3, -0.25) is 0 Å². The Morgan fingerprint density at radius 1 is 1.26 bits per heavy atom. The number of halogens is 2. The van der Waals surface area contributed by atoms with Crippen molar-refractivity contribution in [3.63, 3.8) is 0 Å². The number of thiazole rings is 1. The van der Waals surface area contributed by atoms with E-state index in [0.29, 0.717) is 11.0 Å². The van der Waals surface area contributed by atoms with E-state index in [-0.39, 0.29) is 0 Å². The summed E-state index contributed by atoms with van der Waals surface area (Å²) in [5, 5.41) is 0.651. The van der Waals surface area contributed by atoms with Gasteiger partial charge in [0.2, 0.25) is 0 Å². The van der Waals surface area contributed by atoms with Crippen LogP contribution in [0.3, 0.4) is 0 Å². The van der Waals surface area contributed by atoms with Gasteiger partial charge < -0.3 is 5.73 Å². The normalized spacial score (nSPS) is 11.3. The van der Waals surface area contributed by atoms with Crippen LogP contribution in [0.15, 0.2) is 21.1 Å². The zero-order valence-electron chi connectivity index (χ0n) is 11.1. The third-order valence-corrected chi connectivity index (χ3v) is 5.23. The molecule has 0 spiro atoms. The number of hydrogen-bond donors (Lipinski definition) is 1. The van der Waals surface area contributed by atoms with Gasteiger partial charge in [-0.15, -0.1) is 11.3 Å². The molecule has 102 valence electrons. The van der Waals surface area contributed by atoms with Crippen molar-refractivity contribution in [3.05, 3.63) is 42.8 Å². The molecule has 0 fully saturated rings. The summed E-state index contributed by atoms with van der Waals surface area (Å²) in [6.45, 7) is 6.39. The van der Waals surface area contributed by atoms with Crippen LogP contribution in [-0.2, 0) is 6.42 Å². The van der Waals surface area contributed by atoms with Gasteiger partial charge in [0.15, 0.2) is 5.13 Å². The Labute approximate surface area is 134 Å². The van der Waals surface area contributed by atoms with Gasteiger partial charge in [-0.1, -0.05) is 45.7 Å². The maximum atomic E-state index is 5.86. The van der Waals surface area contributed by atoms with E-state index in [2.05, 4.69) is 69.7 Å². The van der Waals surface area contributed by atoms with Crippen LogP contribution in [0.1, 0.15) is 41.5 Å². The van der Waals surface area contributed by atoms with E-state index in [1.807, 2.05) is 0 Å². The predicted octanol–water partition coefficient (Wildman–Crippen LogP) is 5.27. The van der Waals surface area contributed by atoms with Crippen LogP contribution in [0.2, 0.25) is 0 Å². The number of hydrogen-bond acceptors (Lipinski definition) is 3. The number of nitrogen functional groups attached to an aromatic ring is 1. The molecule has 0 aliphatic heterocycles. The average molecular weight is 404 g/mol. The van der Waals surface area contributed by atoms with E-state index in [9.17, 15) is 0 Å². The molecule has 1 heterocycles. The lowest BCUT2D eigenvalue weighted by atomic mass is 10.0. The van der Waals surface area contributed by atoms with E-state index in [0.717, 1.165) is 21.1 Å². The van der Waals surface area contributed by atoms with Crippen molar-refractivity contribution >= 4 is 48.3 Å². The summed E-state index contributed by atoms with van der Waals surface area (Å²) in [5.74, 6) is 0.395. The van der Waals surface area contributed by atoms with Gasteiger partial charge in [-0.05, 0) is 36.1 Å². The molecule has 19 heavy (non-hydrogen) atoms. The van der Waals surface area contributed by atoms with Crippen molar-refractivity contribution in [1.82, 2.24) is 4.98 Å². The van der Waals surface area contributed by atoms with E-state index in [1.165, 1.54) is 16.0 Å². The van der Waals surface area contributed by atoms with Gasteiger partial charge in [-0.2, -0.15) is 0 Å². The third kappa shape index (κ3) is 3.38. The summed E-state index contributed by atoms with van der Waals surface area (Å²) < 4.78 is 2.25. The molecule has 2 aromatic rings. The number of rotatable bonds is 3. The summed E-state index contributed by atoms with van der Waals surface area (Å²) in [6.07, 6.45) is 0.851. The number of anilines is 1. The fourth-order valence-corrected chi connectivity index (χ4v) is 4.71. The Morgan fingerprint density at radius 3 is 2.37 bits per heavy atom. The quantitative estimate of drug-likeness (QED) is 0.757. The monoisotopic (exact) mass is 402 g/mol. The van der Waals surface area contributed by atoms with Crippen LogP contribution >= 0.6 is 43.2 Å². The number of aryl methyl sites for hydroxylation is 1. The van der Waals surface area contributed by atoms with E-state index < -0.39 is 0 Å². The molecule has 0 saturated carbocycles. The molecular weight excluding hydrogens is 388 g/mol. The summed E-state index contributed by atoms with van der Waals surface area (Å²) in [6, 6.07) is 4.28. The number of aromatic nitrogens is 1. The van der Waals surface area contributed by atoms with Crippen LogP contribution < -0.4 is 5.73 Å². The van der Waals surface area contributed by atoms with Gasteiger partial charge in [0.25, 0.3) is 0 Å². The van der Waals surface area contributed by atoms with Gasteiger partial charge in [0.1, 0.15) is 0 Å². The van der Waals surface area contributed by atoms with E-state index >= 15 is 0 Å². The molecule has 0 amide bonds. The van der Waals surface area contributed by atoms with Crippen LogP contribution in [0.25, 0.3) is 0 Å². The van der Waals surface area contributed by atoms with Gasteiger partial charge in [0.05, 0.1) is 5.69 Å². The zero-order valence-corrected chi connectivity index (χ0v) is 15.1. The first kappa shape index (κ1) is 15.0. The first-order chi connectivity index (χ1) is 8.88. The molecule has 5 heteroatoms. The Balaban J connectivity index is 2.42. The minimum atomic E-state index is 0.395. The molecule has 2 nitrogen and oxygen atoms in total. The van der Waals surface area contributed by atoms with Gasteiger partial charge in [-0.25, -0.2) is 4.98 Å². The summed E-state index contributed by atoms with van der Waals surface area (Å²) in [5.41, 5.74) is 9.45. The lowest BCUT2D eigenvalue weighted by Crippen LogP contribution is -1.97. The Morgan fingerprint density at radius 2 is 1.84 bits per heavy atom. The number of benzene rings is 1. The summed E-state index contributed by atoms with van der Waals surface area (Å²) >= 11 is 8.88. The van der Waals surface area contributed by atoms with Crippen molar-refractivity contribution in [2.24, 2.45) is 0 Å². The summed E-state index contributed by atoms with van der Waals surface area (Å²) in [7, 11) is 0. The Hall–Kier alpha value is -0.390. The standard InChI is InChI=1S/C14H16Br2N2S/c1-7(2)13-12(19-14(17)18-13)6-9-10(15)4-8(3)5-11(9)16/h4-5,7H,6H2,1-3H3,(H2,17,18).